The van der Waals surface area contributed by atoms with Gasteiger partial charge in [0.2, 0.25) is 0 Å². The largest absolute Gasteiger partial charge is 0.487 e. The van der Waals surface area contributed by atoms with Crippen LogP contribution in [0, 0.1) is 5.92 Å². The molecule has 238 valence electrons. The van der Waals surface area contributed by atoms with Crippen LogP contribution in [-0.2, 0) is 4.79 Å². The van der Waals surface area contributed by atoms with Crippen molar-refractivity contribution in [2.45, 2.75) is 162 Å². The third kappa shape index (κ3) is 24.1. The maximum Gasteiger partial charge on any atom is 0.412 e. The quantitative estimate of drug-likeness (QED) is 0.119. The number of carbonyl (C=O) groups excluding carboxylic acids is 1. The van der Waals surface area contributed by atoms with E-state index in [1.165, 1.54) is 110 Å². The van der Waals surface area contributed by atoms with Crippen LogP contribution in [0.15, 0.2) is 24.3 Å². The summed E-state index contributed by atoms with van der Waals surface area (Å²) in [4.78, 5) is 22.5. The molecule has 1 unspecified atom stereocenters. The third-order valence-corrected chi connectivity index (χ3v) is 7.28. The van der Waals surface area contributed by atoms with Crippen LogP contribution in [0.25, 0.3) is 0 Å². The molecule has 0 spiro atoms. The van der Waals surface area contributed by atoms with Gasteiger partial charge in [0, 0.05) is 7.05 Å². The summed E-state index contributed by atoms with van der Waals surface area (Å²) in [6, 6.07) is 7.06. The number of para-hydroxylation sites is 2. The van der Waals surface area contributed by atoms with E-state index in [4.69, 9.17) is 9.47 Å². The molecule has 0 saturated carbocycles. The van der Waals surface area contributed by atoms with Crippen LogP contribution in [0.2, 0.25) is 0 Å². The molecule has 0 saturated heterocycles. The molecule has 0 aliphatic carbocycles. The third-order valence-electron chi connectivity index (χ3n) is 7.28. The summed E-state index contributed by atoms with van der Waals surface area (Å²) in [5.41, 5.74) is 0. The Hall–Kier alpha value is -2.24. The van der Waals surface area contributed by atoms with Crippen LogP contribution in [0.4, 0.5) is 4.79 Å². The van der Waals surface area contributed by atoms with Gasteiger partial charge in [-0.05, 0) is 38.8 Å². The van der Waals surface area contributed by atoms with E-state index < -0.39 is 12.1 Å². The van der Waals surface area contributed by atoms with Crippen molar-refractivity contribution in [3.8, 4) is 11.5 Å². The highest BCUT2D eigenvalue weighted by atomic mass is 16.6. The van der Waals surface area contributed by atoms with Crippen LogP contribution in [0.1, 0.15) is 156 Å². The molecule has 0 bridgehead atoms. The fourth-order valence-corrected chi connectivity index (χ4v) is 4.83. The lowest BCUT2D eigenvalue weighted by Crippen LogP contribution is -2.22. The maximum atomic E-state index is 11.4. The van der Waals surface area contributed by atoms with Crippen molar-refractivity contribution in [1.82, 2.24) is 5.32 Å². The van der Waals surface area contributed by atoms with Gasteiger partial charge in [-0.2, -0.15) is 0 Å². The Morgan fingerprint density at radius 3 is 1.44 bits per heavy atom. The van der Waals surface area contributed by atoms with Crippen molar-refractivity contribution in [3.63, 3.8) is 0 Å². The Labute approximate surface area is 252 Å². The minimum atomic E-state index is -0.566. The van der Waals surface area contributed by atoms with Crippen LogP contribution < -0.4 is 14.8 Å². The summed E-state index contributed by atoms with van der Waals surface area (Å²) in [7, 11) is 1.51. The van der Waals surface area contributed by atoms with Gasteiger partial charge in [0.05, 0.1) is 12.0 Å². The number of hydrogen-bond acceptors (Lipinski definition) is 4. The second-order valence-electron chi connectivity index (χ2n) is 11.5. The van der Waals surface area contributed by atoms with E-state index in [1.54, 1.807) is 18.2 Å². The van der Waals surface area contributed by atoms with Gasteiger partial charge in [0.1, 0.15) is 0 Å². The molecule has 1 atom stereocenters. The van der Waals surface area contributed by atoms with Gasteiger partial charge < -0.3 is 19.9 Å². The Bertz CT molecular complexity index is 752. The molecule has 1 aromatic carbocycles. The Balaban J connectivity index is 0.000000897. The number of carbonyl (C=O) groups is 2. The van der Waals surface area contributed by atoms with Crippen LogP contribution in [0.3, 0.4) is 0 Å². The monoisotopic (exact) mass is 577 g/mol. The summed E-state index contributed by atoms with van der Waals surface area (Å²) >= 11 is 0. The smallest absolute Gasteiger partial charge is 0.412 e. The lowest BCUT2D eigenvalue weighted by Gasteiger charge is -2.13. The van der Waals surface area contributed by atoms with E-state index in [0.717, 1.165) is 25.7 Å². The molecule has 0 radical (unpaired) electrons. The summed E-state index contributed by atoms with van der Waals surface area (Å²) in [6.45, 7) is 8.34. The van der Waals surface area contributed by atoms with Crippen molar-refractivity contribution in [3.05, 3.63) is 24.3 Å². The molecular formula is C35H63NO5. The molecule has 0 aromatic heterocycles. The van der Waals surface area contributed by atoms with Gasteiger partial charge in [-0.15, -0.1) is 0 Å². The molecule has 0 aliphatic heterocycles. The first kappa shape index (κ1) is 38.8. The Morgan fingerprint density at radius 1 is 0.683 bits per heavy atom. The minimum Gasteiger partial charge on any atom is -0.487 e. The second-order valence-corrected chi connectivity index (χ2v) is 11.5. The number of aliphatic carboxylic acids is 1. The fraction of sp³-hybridized carbons (Fsp3) is 0.771. The SMILES string of the molecule is CCCCCCCCCCCCC(CCCCCCCCCC)C(=O)O.CNC(=O)Oc1ccccc1OC(C)C. The summed E-state index contributed by atoms with van der Waals surface area (Å²) in [5, 5.41) is 11.8. The molecule has 1 rings (SSSR count). The predicted octanol–water partition coefficient (Wildman–Crippen LogP) is 10.7. The van der Waals surface area contributed by atoms with Gasteiger partial charge in [-0.3, -0.25) is 4.79 Å². The molecule has 6 nitrogen and oxygen atoms in total. The molecule has 0 aliphatic rings. The Kier molecular flexibility index (Phi) is 26.4. The Morgan fingerprint density at radius 2 is 1.07 bits per heavy atom. The molecule has 1 aromatic rings. The minimum absolute atomic E-state index is 0.0411. The summed E-state index contributed by atoms with van der Waals surface area (Å²) in [6.07, 6.45) is 24.8. The predicted molar refractivity (Wildman–Crippen MR) is 172 cm³/mol. The van der Waals surface area contributed by atoms with Gasteiger partial charge in [-0.1, -0.05) is 142 Å². The number of ether oxygens (including phenoxy) is 2. The van der Waals surface area contributed by atoms with Crippen LogP contribution >= 0.6 is 0 Å². The van der Waals surface area contributed by atoms with E-state index in [9.17, 15) is 14.7 Å². The number of hydrogen-bond donors (Lipinski definition) is 2. The molecule has 41 heavy (non-hydrogen) atoms. The summed E-state index contributed by atoms with van der Waals surface area (Å²) in [5.74, 6) is 0.328. The lowest BCUT2D eigenvalue weighted by atomic mass is 9.94. The molecule has 6 heteroatoms. The van der Waals surface area contributed by atoms with Crippen molar-refractivity contribution in [1.29, 1.82) is 0 Å². The van der Waals surface area contributed by atoms with Crippen LogP contribution in [-0.4, -0.2) is 30.3 Å². The number of rotatable bonds is 24. The van der Waals surface area contributed by atoms with E-state index in [1.807, 2.05) is 19.9 Å². The zero-order valence-electron chi connectivity index (χ0n) is 27.2. The van der Waals surface area contributed by atoms with Gasteiger partial charge in [0.25, 0.3) is 0 Å². The number of carboxylic acid groups (broad SMARTS) is 1. The number of unbranched alkanes of at least 4 members (excludes halogenated alkanes) is 16. The second kappa shape index (κ2) is 27.9. The normalized spacial score (nSPS) is 11.5. The van der Waals surface area contributed by atoms with Gasteiger partial charge >= 0.3 is 12.1 Å². The van der Waals surface area contributed by atoms with Crippen molar-refractivity contribution in [2.24, 2.45) is 5.92 Å². The first-order valence-corrected chi connectivity index (χ1v) is 16.7. The highest BCUT2D eigenvalue weighted by Gasteiger charge is 2.16. The van der Waals surface area contributed by atoms with Gasteiger partial charge in [-0.25, -0.2) is 4.79 Å². The van der Waals surface area contributed by atoms with E-state index in [2.05, 4.69) is 19.2 Å². The first-order valence-electron chi connectivity index (χ1n) is 16.7. The average Bonchev–Trinajstić information content (AvgIpc) is 2.95. The van der Waals surface area contributed by atoms with Crippen molar-refractivity contribution >= 4 is 12.1 Å². The first-order chi connectivity index (χ1) is 19.8. The van der Waals surface area contributed by atoms with E-state index in [0.29, 0.717) is 11.5 Å². The molecule has 0 heterocycles. The molecule has 1 amide bonds. The zero-order chi connectivity index (χ0) is 30.6. The van der Waals surface area contributed by atoms with Gasteiger partial charge in [0.15, 0.2) is 11.5 Å². The summed E-state index contributed by atoms with van der Waals surface area (Å²) < 4.78 is 10.5. The molecule has 0 fully saturated rings. The van der Waals surface area contributed by atoms with E-state index in [-0.39, 0.29) is 12.0 Å². The molecule has 2 N–H and O–H groups in total. The fourth-order valence-electron chi connectivity index (χ4n) is 4.83. The number of benzene rings is 1. The van der Waals surface area contributed by atoms with E-state index >= 15 is 0 Å². The highest BCUT2D eigenvalue weighted by molar-refractivity contribution is 5.71. The van der Waals surface area contributed by atoms with Crippen molar-refractivity contribution in [2.75, 3.05) is 7.05 Å². The number of nitrogens with one attached hydrogen (secondary N) is 1. The lowest BCUT2D eigenvalue weighted by molar-refractivity contribution is -0.142. The van der Waals surface area contributed by atoms with Crippen LogP contribution in [0.5, 0.6) is 11.5 Å². The molecular weight excluding hydrogens is 514 g/mol. The standard InChI is InChI=1S/C24H48O2.C11H15NO3/c1-3-5-7-9-11-13-14-16-18-20-22-23(24(25)26)21-19-17-15-12-10-8-6-4-2;1-8(2)14-9-6-4-5-7-10(9)15-11(13)12-3/h23H,3-22H2,1-2H3,(H,25,26);4-8H,1-3H3,(H,12,13). The number of carboxylic acids is 1. The topological polar surface area (TPSA) is 84.9 Å². The maximum absolute atomic E-state index is 11.4. The highest BCUT2D eigenvalue weighted by Crippen LogP contribution is 2.27. The van der Waals surface area contributed by atoms with Crippen molar-refractivity contribution < 1.29 is 24.2 Å². The zero-order valence-corrected chi connectivity index (χ0v) is 27.2. The average molecular weight is 578 g/mol. The number of amides is 1.